The zero-order chi connectivity index (χ0) is 21.3. The Morgan fingerprint density at radius 2 is 1.00 bits per heavy atom. The van der Waals surface area contributed by atoms with Crippen LogP contribution in [-0.2, 0) is 0 Å². The number of nitrogens with zero attached hydrogens (tertiary/aromatic N) is 3. The minimum absolute atomic E-state index is 0.155. The lowest BCUT2D eigenvalue weighted by molar-refractivity contribution is 0.0841. The van der Waals surface area contributed by atoms with E-state index in [9.17, 15) is 19.2 Å². The molecule has 4 rings (SSSR count). The summed E-state index contributed by atoms with van der Waals surface area (Å²) in [7, 11) is 0. The molecule has 7 nitrogen and oxygen atoms in total. The Hall–Kier alpha value is -3.97. The van der Waals surface area contributed by atoms with Gasteiger partial charge in [-0.05, 0) is 48.5 Å². The molecule has 4 aromatic rings. The summed E-state index contributed by atoms with van der Waals surface area (Å²) in [6.45, 7) is 0. The molecule has 30 heavy (non-hydrogen) atoms. The lowest BCUT2D eigenvalue weighted by atomic mass is 10.2. The van der Waals surface area contributed by atoms with E-state index in [1.807, 2.05) is 0 Å². The summed E-state index contributed by atoms with van der Waals surface area (Å²) in [5, 5.41) is 0.410. The first-order chi connectivity index (χ1) is 14.5. The summed E-state index contributed by atoms with van der Waals surface area (Å²) >= 11 is 5.89. The van der Waals surface area contributed by atoms with Crippen LogP contribution in [0.4, 0.5) is 0 Å². The molecule has 1 aromatic heterocycles. The Morgan fingerprint density at radius 3 is 1.40 bits per heavy atom. The van der Waals surface area contributed by atoms with E-state index in [1.54, 1.807) is 36.4 Å². The van der Waals surface area contributed by atoms with Crippen LogP contribution in [-0.4, -0.2) is 25.7 Å². The van der Waals surface area contributed by atoms with Crippen LogP contribution < -0.4 is 11.4 Å². The number of hydrogen-bond donors (Lipinski definition) is 0. The molecule has 0 saturated carbocycles. The topological polar surface area (TPSA) is 83.1 Å². The third-order valence-electron chi connectivity index (χ3n) is 4.46. The Labute approximate surface area is 175 Å². The van der Waals surface area contributed by atoms with Crippen molar-refractivity contribution in [2.75, 3.05) is 0 Å². The number of hydrogen-bond acceptors (Lipinski definition) is 4. The molecule has 0 fully saturated rings. The van der Waals surface area contributed by atoms with Crippen LogP contribution >= 0.6 is 11.6 Å². The Bertz CT molecular complexity index is 1270. The van der Waals surface area contributed by atoms with Crippen molar-refractivity contribution in [2.45, 2.75) is 0 Å². The molecular weight excluding hydrogens is 406 g/mol. The second-order valence-corrected chi connectivity index (χ2v) is 6.78. The zero-order valence-corrected chi connectivity index (χ0v) is 16.2. The standard InChI is InChI=1S/C22H14ClN3O4/c23-17-11-13-18(14-12-17)24-21(29)25(19(27)15-7-3-1-4-8-15)26(22(24)30)20(28)16-9-5-2-6-10-16/h1-14H. The maximum absolute atomic E-state index is 13.1. The number of benzene rings is 3. The van der Waals surface area contributed by atoms with E-state index >= 15 is 0 Å². The number of carbonyl (C=O) groups is 2. The highest BCUT2D eigenvalue weighted by Gasteiger charge is 2.27. The Balaban J connectivity index is 2.00. The third-order valence-corrected chi connectivity index (χ3v) is 4.71. The number of aromatic nitrogens is 3. The second-order valence-electron chi connectivity index (χ2n) is 6.34. The van der Waals surface area contributed by atoms with Gasteiger partial charge in [-0.1, -0.05) is 48.0 Å². The normalized spacial score (nSPS) is 10.7. The van der Waals surface area contributed by atoms with Crippen molar-refractivity contribution in [3.63, 3.8) is 0 Å². The molecule has 0 amide bonds. The van der Waals surface area contributed by atoms with Crippen molar-refractivity contribution in [3.8, 4) is 5.69 Å². The molecule has 0 radical (unpaired) electrons. The Morgan fingerprint density at radius 1 is 0.600 bits per heavy atom. The molecule has 8 heteroatoms. The van der Waals surface area contributed by atoms with Crippen LogP contribution in [0, 0.1) is 0 Å². The van der Waals surface area contributed by atoms with Crippen molar-refractivity contribution in [2.24, 2.45) is 0 Å². The maximum Gasteiger partial charge on any atom is 0.359 e. The van der Waals surface area contributed by atoms with Gasteiger partial charge in [-0.2, -0.15) is 9.36 Å². The molecule has 0 aliphatic rings. The first kappa shape index (κ1) is 19.4. The summed E-state index contributed by atoms with van der Waals surface area (Å²) in [5.74, 6) is -1.59. The van der Waals surface area contributed by atoms with E-state index in [-0.39, 0.29) is 16.8 Å². The van der Waals surface area contributed by atoms with E-state index in [0.717, 1.165) is 4.57 Å². The highest BCUT2D eigenvalue weighted by Crippen LogP contribution is 2.12. The molecule has 0 unspecified atom stereocenters. The van der Waals surface area contributed by atoms with Gasteiger partial charge < -0.3 is 0 Å². The first-order valence-electron chi connectivity index (χ1n) is 8.91. The molecule has 3 aromatic carbocycles. The van der Waals surface area contributed by atoms with Crippen molar-refractivity contribution < 1.29 is 9.59 Å². The number of carbonyl (C=O) groups excluding carboxylic acids is 2. The van der Waals surface area contributed by atoms with E-state index in [4.69, 9.17) is 11.6 Å². The van der Waals surface area contributed by atoms with Gasteiger partial charge in [0, 0.05) is 16.1 Å². The van der Waals surface area contributed by atoms with Crippen molar-refractivity contribution in [1.82, 2.24) is 13.9 Å². The van der Waals surface area contributed by atoms with Gasteiger partial charge >= 0.3 is 11.4 Å². The fourth-order valence-corrected chi connectivity index (χ4v) is 3.14. The largest absolute Gasteiger partial charge is 0.359 e. The Kier molecular flexibility index (Phi) is 5.04. The molecular formula is C22H14ClN3O4. The molecule has 0 bridgehead atoms. The second kappa shape index (κ2) is 7.81. The molecule has 0 atom stereocenters. The van der Waals surface area contributed by atoms with Gasteiger partial charge in [0.15, 0.2) is 0 Å². The fraction of sp³-hybridized carbons (Fsp3) is 0. The predicted molar refractivity (Wildman–Crippen MR) is 112 cm³/mol. The van der Waals surface area contributed by atoms with Crippen LogP contribution in [0.15, 0.2) is 94.5 Å². The van der Waals surface area contributed by atoms with Crippen LogP contribution in [0.1, 0.15) is 20.7 Å². The molecule has 0 aliphatic heterocycles. The molecule has 1 heterocycles. The van der Waals surface area contributed by atoms with Gasteiger partial charge in [-0.3, -0.25) is 9.59 Å². The average molecular weight is 420 g/mol. The molecule has 0 N–H and O–H groups in total. The molecule has 0 spiro atoms. The van der Waals surface area contributed by atoms with Gasteiger partial charge in [0.25, 0.3) is 11.8 Å². The zero-order valence-electron chi connectivity index (χ0n) is 15.4. The summed E-state index contributed by atoms with van der Waals surface area (Å²) in [6.07, 6.45) is 0. The van der Waals surface area contributed by atoms with Gasteiger partial charge in [0.2, 0.25) is 0 Å². The summed E-state index contributed by atoms with van der Waals surface area (Å²) in [6, 6.07) is 21.8. The monoisotopic (exact) mass is 419 g/mol. The maximum atomic E-state index is 13.1. The van der Waals surface area contributed by atoms with Crippen LogP contribution in [0.25, 0.3) is 5.69 Å². The number of halogens is 1. The van der Waals surface area contributed by atoms with Crippen LogP contribution in [0.5, 0.6) is 0 Å². The van der Waals surface area contributed by atoms with Gasteiger partial charge in [0.05, 0.1) is 5.69 Å². The van der Waals surface area contributed by atoms with E-state index < -0.39 is 23.2 Å². The van der Waals surface area contributed by atoms with Gasteiger partial charge in [0.1, 0.15) is 0 Å². The minimum Gasteiger partial charge on any atom is -0.267 e. The highest BCUT2D eigenvalue weighted by atomic mass is 35.5. The highest BCUT2D eigenvalue weighted by molar-refractivity contribution is 6.30. The lowest BCUT2D eigenvalue weighted by Crippen LogP contribution is -2.37. The van der Waals surface area contributed by atoms with Crippen molar-refractivity contribution in [3.05, 3.63) is 122 Å². The van der Waals surface area contributed by atoms with E-state index in [1.165, 1.54) is 48.5 Å². The fourth-order valence-electron chi connectivity index (χ4n) is 3.01. The van der Waals surface area contributed by atoms with Gasteiger partial charge in [-0.25, -0.2) is 14.2 Å². The van der Waals surface area contributed by atoms with Crippen LogP contribution in [0.3, 0.4) is 0 Å². The number of rotatable bonds is 3. The van der Waals surface area contributed by atoms with Crippen LogP contribution in [0.2, 0.25) is 5.02 Å². The third kappa shape index (κ3) is 3.31. The van der Waals surface area contributed by atoms with Crippen molar-refractivity contribution in [1.29, 1.82) is 0 Å². The minimum atomic E-state index is -0.958. The molecule has 148 valence electrons. The molecule has 0 aliphatic carbocycles. The summed E-state index contributed by atoms with van der Waals surface area (Å²) in [4.78, 5) is 52.5. The summed E-state index contributed by atoms with van der Waals surface area (Å²) < 4.78 is 1.88. The van der Waals surface area contributed by atoms with E-state index in [2.05, 4.69) is 0 Å². The summed E-state index contributed by atoms with van der Waals surface area (Å²) in [5.41, 5.74) is -1.42. The van der Waals surface area contributed by atoms with Crippen molar-refractivity contribution >= 4 is 23.4 Å². The first-order valence-corrected chi connectivity index (χ1v) is 9.29. The van der Waals surface area contributed by atoms with Gasteiger partial charge in [-0.15, -0.1) is 0 Å². The SMILES string of the molecule is O=C(c1ccccc1)n1c(=O)n(-c2ccc(Cl)cc2)c(=O)n1C(=O)c1ccccc1. The predicted octanol–water partition coefficient (Wildman–Crippen LogP) is 2.83. The lowest BCUT2D eigenvalue weighted by Gasteiger charge is -2.07. The average Bonchev–Trinajstić information content (AvgIpc) is 3.04. The van der Waals surface area contributed by atoms with E-state index in [0.29, 0.717) is 14.4 Å². The quantitative estimate of drug-likeness (QED) is 0.511. The smallest absolute Gasteiger partial charge is 0.267 e. The molecule has 0 saturated heterocycles.